The molecule has 2 unspecified atom stereocenters. The molecule has 1 aromatic rings. The van der Waals surface area contributed by atoms with Crippen LogP contribution in [0.5, 0.6) is 0 Å². The van der Waals surface area contributed by atoms with E-state index in [0.717, 1.165) is 17.3 Å². The zero-order valence-electron chi connectivity index (χ0n) is 13.0. The Morgan fingerprint density at radius 3 is 2.86 bits per heavy atom. The minimum Gasteiger partial charge on any atom is -0.382 e. The Bertz CT molecular complexity index is 515. The van der Waals surface area contributed by atoms with Gasteiger partial charge in [0.2, 0.25) is 0 Å². The van der Waals surface area contributed by atoms with Gasteiger partial charge >= 0.3 is 0 Å². The monoisotopic (exact) mass is 287 g/mol. The van der Waals surface area contributed by atoms with Crippen molar-refractivity contribution in [3.05, 3.63) is 29.8 Å². The average molecular weight is 287 g/mol. The number of nitrogens with one attached hydrogen (secondary N) is 1. The van der Waals surface area contributed by atoms with Crippen LogP contribution < -0.4 is 5.32 Å². The van der Waals surface area contributed by atoms with E-state index in [-0.39, 0.29) is 5.91 Å². The van der Waals surface area contributed by atoms with Crippen LogP contribution in [0.15, 0.2) is 24.3 Å². The van der Waals surface area contributed by atoms with Gasteiger partial charge in [-0.05, 0) is 44.4 Å². The first-order valence-corrected chi connectivity index (χ1v) is 7.96. The van der Waals surface area contributed by atoms with E-state index in [1.807, 2.05) is 24.3 Å². The van der Waals surface area contributed by atoms with Crippen LogP contribution in [0.4, 0.5) is 5.69 Å². The van der Waals surface area contributed by atoms with Gasteiger partial charge in [0.15, 0.2) is 0 Å². The largest absolute Gasteiger partial charge is 0.382 e. The molecule has 0 aromatic heterocycles. The Morgan fingerprint density at radius 1 is 1.24 bits per heavy atom. The van der Waals surface area contributed by atoms with Crippen molar-refractivity contribution >= 4 is 11.6 Å². The fourth-order valence-corrected chi connectivity index (χ4v) is 3.61. The minimum atomic E-state index is 0.0661. The standard InChI is InChI=1S/C17H25N3O/c1-19(2)17(21)15-7-3-4-8-16(15)18-13-9-11-20-10-5-6-14(20)12-13/h3-4,7-8,13-14,18H,5-6,9-12H2,1-2H3. The first-order chi connectivity index (χ1) is 10.1. The molecule has 1 aromatic carbocycles. The fraction of sp³-hybridized carbons (Fsp3) is 0.588. The molecule has 4 nitrogen and oxygen atoms in total. The van der Waals surface area contributed by atoms with Gasteiger partial charge in [0, 0.05) is 38.4 Å². The number of piperidine rings is 1. The second-order valence-electron chi connectivity index (χ2n) is 6.44. The van der Waals surface area contributed by atoms with Crippen molar-refractivity contribution in [2.24, 2.45) is 0 Å². The van der Waals surface area contributed by atoms with E-state index in [1.54, 1.807) is 19.0 Å². The predicted molar refractivity (Wildman–Crippen MR) is 85.7 cm³/mol. The zero-order chi connectivity index (χ0) is 14.8. The lowest BCUT2D eigenvalue weighted by Crippen LogP contribution is -2.43. The predicted octanol–water partition coefficient (Wildman–Crippen LogP) is 2.43. The number of hydrogen-bond acceptors (Lipinski definition) is 3. The maximum Gasteiger partial charge on any atom is 0.255 e. The third kappa shape index (κ3) is 3.05. The summed E-state index contributed by atoms with van der Waals surface area (Å²) < 4.78 is 0. The molecule has 2 aliphatic heterocycles. The quantitative estimate of drug-likeness (QED) is 0.927. The summed E-state index contributed by atoms with van der Waals surface area (Å²) in [4.78, 5) is 16.5. The van der Waals surface area contributed by atoms with Crippen molar-refractivity contribution in [2.45, 2.75) is 37.8 Å². The first kappa shape index (κ1) is 14.4. The number of carbonyl (C=O) groups excluding carboxylic acids is 1. The van der Waals surface area contributed by atoms with E-state index >= 15 is 0 Å². The van der Waals surface area contributed by atoms with Gasteiger partial charge in [0.25, 0.3) is 5.91 Å². The summed E-state index contributed by atoms with van der Waals surface area (Å²) >= 11 is 0. The van der Waals surface area contributed by atoms with Crippen LogP contribution in [-0.2, 0) is 0 Å². The first-order valence-electron chi connectivity index (χ1n) is 7.96. The number of rotatable bonds is 3. The molecule has 0 aliphatic carbocycles. The second kappa shape index (κ2) is 6.06. The molecule has 2 atom stereocenters. The molecule has 3 rings (SSSR count). The summed E-state index contributed by atoms with van der Waals surface area (Å²) in [7, 11) is 3.60. The van der Waals surface area contributed by atoms with Crippen molar-refractivity contribution in [3.63, 3.8) is 0 Å². The number of carbonyl (C=O) groups is 1. The van der Waals surface area contributed by atoms with Crippen LogP contribution >= 0.6 is 0 Å². The van der Waals surface area contributed by atoms with E-state index in [2.05, 4.69) is 10.2 Å². The third-order valence-electron chi connectivity index (χ3n) is 4.74. The molecule has 0 radical (unpaired) electrons. The molecule has 2 heterocycles. The van der Waals surface area contributed by atoms with E-state index in [0.29, 0.717) is 6.04 Å². The van der Waals surface area contributed by atoms with Gasteiger partial charge in [-0.2, -0.15) is 0 Å². The normalized spacial score (nSPS) is 25.4. The topological polar surface area (TPSA) is 35.6 Å². The van der Waals surface area contributed by atoms with E-state index < -0.39 is 0 Å². The molecular formula is C17H25N3O. The number of hydrogen-bond donors (Lipinski definition) is 1. The zero-order valence-corrected chi connectivity index (χ0v) is 13.0. The lowest BCUT2D eigenvalue weighted by Gasteiger charge is -2.36. The third-order valence-corrected chi connectivity index (χ3v) is 4.74. The fourth-order valence-electron chi connectivity index (χ4n) is 3.61. The van der Waals surface area contributed by atoms with Crippen molar-refractivity contribution in [3.8, 4) is 0 Å². The maximum absolute atomic E-state index is 12.3. The Kier molecular flexibility index (Phi) is 4.15. The molecule has 114 valence electrons. The van der Waals surface area contributed by atoms with Gasteiger partial charge in [0.05, 0.1) is 5.56 Å². The molecule has 0 saturated carbocycles. The summed E-state index contributed by atoms with van der Waals surface area (Å²) in [6, 6.07) is 9.10. The van der Waals surface area contributed by atoms with E-state index in [1.165, 1.54) is 38.8 Å². The van der Waals surface area contributed by atoms with Gasteiger partial charge in [-0.15, -0.1) is 0 Å². The molecule has 1 N–H and O–H groups in total. The molecule has 0 bridgehead atoms. The number of nitrogens with zero attached hydrogens (tertiary/aromatic N) is 2. The highest BCUT2D eigenvalue weighted by molar-refractivity contribution is 5.99. The SMILES string of the molecule is CN(C)C(=O)c1ccccc1NC1CCN2CCCC2C1. The van der Waals surface area contributed by atoms with Crippen molar-refractivity contribution < 1.29 is 4.79 Å². The second-order valence-corrected chi connectivity index (χ2v) is 6.44. The number of fused-ring (bicyclic) bond motifs is 1. The summed E-state index contributed by atoms with van der Waals surface area (Å²) in [5.74, 6) is 0.0661. The number of benzene rings is 1. The number of amides is 1. The molecule has 21 heavy (non-hydrogen) atoms. The Balaban J connectivity index is 1.71. The average Bonchev–Trinajstić information content (AvgIpc) is 2.94. The van der Waals surface area contributed by atoms with Crippen LogP contribution in [0, 0.1) is 0 Å². The van der Waals surface area contributed by atoms with Gasteiger partial charge in [-0.3, -0.25) is 4.79 Å². The van der Waals surface area contributed by atoms with Gasteiger partial charge in [-0.1, -0.05) is 12.1 Å². The molecular weight excluding hydrogens is 262 g/mol. The Morgan fingerprint density at radius 2 is 2.05 bits per heavy atom. The van der Waals surface area contributed by atoms with Crippen LogP contribution in [0.1, 0.15) is 36.0 Å². The summed E-state index contributed by atoms with van der Waals surface area (Å²) in [5.41, 5.74) is 1.75. The Hall–Kier alpha value is -1.55. The highest BCUT2D eigenvalue weighted by Crippen LogP contribution is 2.29. The van der Waals surface area contributed by atoms with E-state index in [4.69, 9.17) is 0 Å². The summed E-state index contributed by atoms with van der Waals surface area (Å²) in [6.07, 6.45) is 5.04. The highest BCUT2D eigenvalue weighted by Gasteiger charge is 2.31. The molecule has 2 aliphatic rings. The lowest BCUT2D eigenvalue weighted by atomic mass is 9.97. The molecule has 4 heteroatoms. The van der Waals surface area contributed by atoms with Crippen LogP contribution in [0.2, 0.25) is 0 Å². The van der Waals surface area contributed by atoms with Crippen molar-refractivity contribution in [1.29, 1.82) is 0 Å². The molecule has 0 spiro atoms. The molecule has 2 fully saturated rings. The smallest absolute Gasteiger partial charge is 0.255 e. The van der Waals surface area contributed by atoms with E-state index in [9.17, 15) is 4.79 Å². The molecule has 2 saturated heterocycles. The molecule has 1 amide bonds. The summed E-state index contributed by atoms with van der Waals surface area (Å²) in [6.45, 7) is 2.46. The van der Waals surface area contributed by atoms with Crippen LogP contribution in [0.3, 0.4) is 0 Å². The van der Waals surface area contributed by atoms with Gasteiger partial charge < -0.3 is 15.1 Å². The van der Waals surface area contributed by atoms with Gasteiger partial charge in [0.1, 0.15) is 0 Å². The Labute approximate surface area is 127 Å². The number of para-hydroxylation sites is 1. The van der Waals surface area contributed by atoms with Gasteiger partial charge in [-0.25, -0.2) is 0 Å². The van der Waals surface area contributed by atoms with Crippen LogP contribution in [-0.4, -0.2) is 55.0 Å². The highest BCUT2D eigenvalue weighted by atomic mass is 16.2. The van der Waals surface area contributed by atoms with Crippen molar-refractivity contribution in [1.82, 2.24) is 9.80 Å². The summed E-state index contributed by atoms with van der Waals surface area (Å²) in [5, 5.41) is 3.62. The minimum absolute atomic E-state index is 0.0661. The maximum atomic E-state index is 12.3. The number of anilines is 1. The lowest BCUT2D eigenvalue weighted by molar-refractivity contribution is 0.0828. The van der Waals surface area contributed by atoms with Crippen molar-refractivity contribution in [2.75, 3.05) is 32.5 Å². The van der Waals surface area contributed by atoms with Crippen LogP contribution in [0.25, 0.3) is 0 Å².